The van der Waals surface area contributed by atoms with Crippen molar-refractivity contribution < 1.29 is 9.53 Å². The number of hydrazone groups is 1. The lowest BCUT2D eigenvalue weighted by Gasteiger charge is -2.14. The molecule has 5 heteroatoms. The Morgan fingerprint density at radius 3 is 2.56 bits per heavy atom. The van der Waals surface area contributed by atoms with Crippen LogP contribution in [-0.2, 0) is 4.79 Å². The van der Waals surface area contributed by atoms with E-state index < -0.39 is 0 Å². The van der Waals surface area contributed by atoms with Crippen LogP contribution in [0, 0.1) is 5.92 Å². The Bertz CT molecular complexity index is 468. The third-order valence-electron chi connectivity index (χ3n) is 2.90. The molecule has 5 nitrogen and oxygen atoms in total. The first-order valence-corrected chi connectivity index (χ1v) is 5.99. The molecule has 0 spiro atoms. The van der Waals surface area contributed by atoms with E-state index in [9.17, 15) is 4.79 Å². The molecule has 0 fully saturated rings. The molecule has 0 saturated heterocycles. The minimum atomic E-state index is -0.295. The van der Waals surface area contributed by atoms with E-state index in [1.807, 2.05) is 38.1 Å². The lowest BCUT2D eigenvalue weighted by Crippen LogP contribution is -2.32. The summed E-state index contributed by atoms with van der Waals surface area (Å²) >= 11 is 0. The number of hydrogen-bond acceptors (Lipinski definition) is 4. The molecule has 1 unspecified atom stereocenters. The maximum atomic E-state index is 12.1. The fraction of sp³-hybridized carbons (Fsp3) is 0.385. The van der Waals surface area contributed by atoms with Crippen LogP contribution in [0.5, 0.6) is 5.75 Å². The predicted molar refractivity (Wildman–Crippen MR) is 70.8 cm³/mol. The summed E-state index contributed by atoms with van der Waals surface area (Å²) in [5.74, 6) is 0.416. The maximum Gasteiger partial charge on any atom is 0.257 e. The first kappa shape index (κ1) is 12.6. The molecule has 1 aliphatic heterocycles. The molecular weight excluding hydrogens is 230 g/mol. The molecule has 1 aromatic carbocycles. The number of carbonyl (C=O) groups excluding carboxylic acids is 1. The van der Waals surface area contributed by atoms with Crippen molar-refractivity contribution in [2.24, 2.45) is 16.8 Å². The average molecular weight is 247 g/mol. The van der Waals surface area contributed by atoms with Gasteiger partial charge in [0.2, 0.25) is 0 Å². The van der Waals surface area contributed by atoms with Crippen LogP contribution in [0.1, 0.15) is 13.8 Å². The van der Waals surface area contributed by atoms with E-state index in [0.717, 1.165) is 17.1 Å². The van der Waals surface area contributed by atoms with Crippen molar-refractivity contribution in [2.75, 3.05) is 18.2 Å². The highest BCUT2D eigenvalue weighted by Crippen LogP contribution is 2.25. The number of nitrogens with zero attached hydrogens (tertiary/aromatic N) is 2. The van der Waals surface area contributed by atoms with E-state index in [2.05, 4.69) is 5.10 Å². The van der Waals surface area contributed by atoms with Gasteiger partial charge in [0, 0.05) is 12.3 Å². The number of hydrogen-bond donors (Lipinski definition) is 1. The van der Waals surface area contributed by atoms with E-state index in [0.29, 0.717) is 13.2 Å². The van der Waals surface area contributed by atoms with Gasteiger partial charge in [0.1, 0.15) is 5.75 Å². The number of carbonyl (C=O) groups is 1. The minimum absolute atomic E-state index is 0.0702. The Morgan fingerprint density at radius 2 is 2.06 bits per heavy atom. The molecule has 0 aromatic heterocycles. The molecule has 18 heavy (non-hydrogen) atoms. The fourth-order valence-electron chi connectivity index (χ4n) is 1.91. The van der Waals surface area contributed by atoms with Crippen molar-refractivity contribution in [1.29, 1.82) is 0 Å². The highest BCUT2D eigenvalue weighted by Gasteiger charge is 2.33. The number of anilines is 1. The topological polar surface area (TPSA) is 67.9 Å². The molecule has 0 saturated carbocycles. The normalized spacial score (nSPS) is 19.1. The predicted octanol–water partition coefficient (Wildman–Crippen LogP) is 1.38. The lowest BCUT2D eigenvalue weighted by molar-refractivity contribution is -0.119. The second-order valence-corrected chi connectivity index (χ2v) is 4.11. The molecule has 96 valence electrons. The molecule has 1 heterocycles. The van der Waals surface area contributed by atoms with E-state index in [1.165, 1.54) is 5.01 Å². The SMILES string of the molecule is CCOc1ccc(N2N=C(C)C(CN)C2=O)cc1. The smallest absolute Gasteiger partial charge is 0.257 e. The van der Waals surface area contributed by atoms with Gasteiger partial charge in [-0.05, 0) is 38.1 Å². The first-order valence-electron chi connectivity index (χ1n) is 5.99. The van der Waals surface area contributed by atoms with Gasteiger partial charge in [0.25, 0.3) is 5.91 Å². The lowest BCUT2D eigenvalue weighted by atomic mass is 10.1. The van der Waals surface area contributed by atoms with Crippen LogP contribution in [0.3, 0.4) is 0 Å². The highest BCUT2D eigenvalue weighted by atomic mass is 16.5. The van der Waals surface area contributed by atoms with Crippen LogP contribution in [-0.4, -0.2) is 24.8 Å². The Hall–Kier alpha value is -1.88. The standard InChI is InChI=1S/C13H17N3O2/c1-3-18-11-6-4-10(5-7-11)16-13(17)12(8-14)9(2)15-16/h4-7,12H,3,8,14H2,1-2H3. The summed E-state index contributed by atoms with van der Waals surface area (Å²) in [6, 6.07) is 7.29. The van der Waals surface area contributed by atoms with E-state index in [1.54, 1.807) is 0 Å². The fourth-order valence-corrected chi connectivity index (χ4v) is 1.91. The second-order valence-electron chi connectivity index (χ2n) is 4.11. The molecule has 0 radical (unpaired) electrons. The van der Waals surface area contributed by atoms with E-state index in [4.69, 9.17) is 10.5 Å². The minimum Gasteiger partial charge on any atom is -0.494 e. The molecular formula is C13H17N3O2. The van der Waals surface area contributed by atoms with Crippen LogP contribution in [0.25, 0.3) is 0 Å². The van der Waals surface area contributed by atoms with Crippen LogP contribution in [0.2, 0.25) is 0 Å². The van der Waals surface area contributed by atoms with Gasteiger partial charge in [-0.15, -0.1) is 0 Å². The number of benzene rings is 1. The molecule has 0 aliphatic carbocycles. The van der Waals surface area contributed by atoms with E-state index >= 15 is 0 Å². The van der Waals surface area contributed by atoms with Crippen LogP contribution in [0.15, 0.2) is 29.4 Å². The molecule has 2 N–H and O–H groups in total. The largest absolute Gasteiger partial charge is 0.494 e. The van der Waals surface area contributed by atoms with Gasteiger partial charge in [-0.3, -0.25) is 4.79 Å². The highest BCUT2D eigenvalue weighted by molar-refractivity contribution is 6.14. The Kier molecular flexibility index (Phi) is 3.62. The zero-order chi connectivity index (χ0) is 13.1. The maximum absolute atomic E-state index is 12.1. The summed E-state index contributed by atoms with van der Waals surface area (Å²) in [6.45, 7) is 4.66. The summed E-state index contributed by atoms with van der Waals surface area (Å²) in [7, 11) is 0. The molecule has 1 aliphatic rings. The van der Waals surface area contributed by atoms with Crippen molar-refractivity contribution in [2.45, 2.75) is 13.8 Å². The quantitative estimate of drug-likeness (QED) is 0.874. The Labute approximate surface area is 106 Å². The van der Waals surface area contributed by atoms with Crippen LogP contribution in [0.4, 0.5) is 5.69 Å². The molecule has 1 atom stereocenters. The van der Waals surface area contributed by atoms with Gasteiger partial charge in [-0.25, -0.2) is 5.01 Å². The summed E-state index contributed by atoms with van der Waals surface area (Å²) in [4.78, 5) is 12.1. The van der Waals surface area contributed by atoms with Crippen molar-refractivity contribution in [3.63, 3.8) is 0 Å². The van der Waals surface area contributed by atoms with Crippen molar-refractivity contribution in [3.8, 4) is 5.75 Å². The first-order chi connectivity index (χ1) is 8.67. The van der Waals surface area contributed by atoms with Gasteiger partial charge in [-0.2, -0.15) is 5.10 Å². The van der Waals surface area contributed by atoms with E-state index in [-0.39, 0.29) is 11.8 Å². The second kappa shape index (κ2) is 5.18. The molecule has 0 bridgehead atoms. The summed E-state index contributed by atoms with van der Waals surface area (Å²) in [6.07, 6.45) is 0. The molecule has 1 aromatic rings. The summed E-state index contributed by atoms with van der Waals surface area (Å²) in [5.41, 5.74) is 7.07. The molecule has 1 amide bonds. The van der Waals surface area contributed by atoms with Gasteiger partial charge in [0.15, 0.2) is 0 Å². The number of nitrogens with two attached hydrogens (primary N) is 1. The van der Waals surface area contributed by atoms with Gasteiger partial charge < -0.3 is 10.5 Å². The van der Waals surface area contributed by atoms with Crippen molar-refractivity contribution in [3.05, 3.63) is 24.3 Å². The monoisotopic (exact) mass is 247 g/mol. The number of amides is 1. The molecule has 2 rings (SSSR count). The Morgan fingerprint density at radius 1 is 1.39 bits per heavy atom. The summed E-state index contributed by atoms with van der Waals surface area (Å²) in [5, 5.41) is 5.65. The average Bonchev–Trinajstić information content (AvgIpc) is 2.66. The van der Waals surface area contributed by atoms with Crippen molar-refractivity contribution in [1.82, 2.24) is 0 Å². The zero-order valence-electron chi connectivity index (χ0n) is 10.6. The van der Waals surface area contributed by atoms with Gasteiger partial charge in [-0.1, -0.05) is 0 Å². The number of ether oxygens (including phenoxy) is 1. The van der Waals surface area contributed by atoms with Gasteiger partial charge >= 0.3 is 0 Å². The Balaban J connectivity index is 2.20. The van der Waals surface area contributed by atoms with Crippen LogP contribution < -0.4 is 15.5 Å². The van der Waals surface area contributed by atoms with Crippen LogP contribution >= 0.6 is 0 Å². The third-order valence-corrected chi connectivity index (χ3v) is 2.90. The zero-order valence-corrected chi connectivity index (χ0v) is 10.6. The van der Waals surface area contributed by atoms with Gasteiger partial charge in [0.05, 0.1) is 18.2 Å². The van der Waals surface area contributed by atoms with Crippen molar-refractivity contribution >= 4 is 17.3 Å². The number of rotatable bonds is 4. The summed E-state index contributed by atoms with van der Waals surface area (Å²) < 4.78 is 5.35. The third kappa shape index (κ3) is 2.22.